The SMILES string of the molecule is Cc1nc(C)c(C(=O)N(C)C(C(=O)O)C(C)C)s1. The molecule has 0 fully saturated rings. The summed E-state index contributed by atoms with van der Waals surface area (Å²) >= 11 is 1.30. The Labute approximate surface area is 110 Å². The van der Waals surface area contributed by atoms with Crippen LogP contribution in [0.15, 0.2) is 0 Å². The molecule has 6 heteroatoms. The van der Waals surface area contributed by atoms with Gasteiger partial charge < -0.3 is 10.0 Å². The van der Waals surface area contributed by atoms with E-state index in [4.69, 9.17) is 0 Å². The van der Waals surface area contributed by atoms with Gasteiger partial charge in [-0.1, -0.05) is 13.8 Å². The number of thiazole rings is 1. The Kier molecular flexibility index (Phi) is 4.45. The van der Waals surface area contributed by atoms with E-state index in [0.29, 0.717) is 10.6 Å². The third-order valence-corrected chi connectivity index (χ3v) is 3.78. The molecule has 1 aromatic rings. The summed E-state index contributed by atoms with van der Waals surface area (Å²) in [5.41, 5.74) is 0.655. The topological polar surface area (TPSA) is 70.5 Å². The van der Waals surface area contributed by atoms with Crippen LogP contribution in [0.3, 0.4) is 0 Å². The molecule has 0 radical (unpaired) electrons. The largest absolute Gasteiger partial charge is 0.480 e. The lowest BCUT2D eigenvalue weighted by atomic mass is 10.0. The van der Waals surface area contributed by atoms with Gasteiger partial charge in [0.05, 0.1) is 10.7 Å². The summed E-state index contributed by atoms with van der Waals surface area (Å²) in [5, 5.41) is 9.98. The Bertz CT molecular complexity index is 468. The second-order valence-electron chi connectivity index (χ2n) is 4.59. The zero-order valence-corrected chi connectivity index (χ0v) is 12.0. The van der Waals surface area contributed by atoms with Crippen molar-refractivity contribution in [3.8, 4) is 0 Å². The summed E-state index contributed by atoms with van der Waals surface area (Å²) in [7, 11) is 1.52. The van der Waals surface area contributed by atoms with Gasteiger partial charge in [0.25, 0.3) is 5.91 Å². The van der Waals surface area contributed by atoms with E-state index < -0.39 is 12.0 Å². The number of likely N-dealkylation sites (N-methyl/N-ethyl adjacent to an activating group) is 1. The molecule has 1 atom stereocenters. The van der Waals surface area contributed by atoms with E-state index in [-0.39, 0.29) is 11.8 Å². The van der Waals surface area contributed by atoms with Crippen LogP contribution in [0, 0.1) is 19.8 Å². The Morgan fingerprint density at radius 3 is 2.22 bits per heavy atom. The molecule has 0 aliphatic heterocycles. The lowest BCUT2D eigenvalue weighted by Crippen LogP contribution is -2.45. The first-order chi connectivity index (χ1) is 8.25. The van der Waals surface area contributed by atoms with Crippen molar-refractivity contribution in [1.29, 1.82) is 0 Å². The molecule has 1 rings (SSSR count). The molecule has 1 N–H and O–H groups in total. The first-order valence-electron chi connectivity index (χ1n) is 5.69. The van der Waals surface area contributed by atoms with Gasteiger partial charge in [0, 0.05) is 7.05 Å². The van der Waals surface area contributed by atoms with Crippen LogP contribution in [-0.4, -0.2) is 40.0 Å². The summed E-state index contributed by atoms with van der Waals surface area (Å²) in [4.78, 5) is 29.5. The lowest BCUT2D eigenvalue weighted by Gasteiger charge is -2.27. The van der Waals surface area contributed by atoms with Crippen LogP contribution < -0.4 is 0 Å². The quantitative estimate of drug-likeness (QED) is 0.907. The van der Waals surface area contributed by atoms with Gasteiger partial charge >= 0.3 is 5.97 Å². The third-order valence-electron chi connectivity index (χ3n) is 2.72. The number of rotatable bonds is 4. The molecule has 1 unspecified atom stereocenters. The lowest BCUT2D eigenvalue weighted by molar-refractivity contribution is -0.143. The maximum Gasteiger partial charge on any atom is 0.326 e. The van der Waals surface area contributed by atoms with Crippen molar-refractivity contribution >= 4 is 23.2 Å². The summed E-state index contributed by atoms with van der Waals surface area (Å²) in [5.74, 6) is -1.41. The zero-order valence-electron chi connectivity index (χ0n) is 11.2. The van der Waals surface area contributed by atoms with E-state index in [1.54, 1.807) is 20.8 Å². The Morgan fingerprint density at radius 1 is 1.33 bits per heavy atom. The van der Waals surface area contributed by atoms with E-state index in [9.17, 15) is 14.7 Å². The fraction of sp³-hybridized carbons (Fsp3) is 0.583. The first-order valence-corrected chi connectivity index (χ1v) is 6.51. The molecule has 0 aromatic carbocycles. The molecule has 0 bridgehead atoms. The van der Waals surface area contributed by atoms with Gasteiger partial charge in [-0.2, -0.15) is 0 Å². The standard InChI is InChI=1S/C12H18N2O3S/c1-6(2)9(12(16)17)14(5)11(15)10-7(3)13-8(4)18-10/h6,9H,1-5H3,(H,16,17). The molecular weight excluding hydrogens is 252 g/mol. The molecule has 18 heavy (non-hydrogen) atoms. The van der Waals surface area contributed by atoms with Crippen LogP contribution in [0.5, 0.6) is 0 Å². The number of carboxylic acids is 1. The first kappa shape index (κ1) is 14.6. The molecule has 0 spiro atoms. The normalized spacial score (nSPS) is 12.6. The molecule has 0 saturated carbocycles. The van der Waals surface area contributed by atoms with Crippen LogP contribution in [0.2, 0.25) is 0 Å². The number of carboxylic acid groups (broad SMARTS) is 1. The number of aromatic nitrogens is 1. The number of aryl methyl sites for hydroxylation is 2. The van der Waals surface area contributed by atoms with Crippen LogP contribution >= 0.6 is 11.3 Å². The van der Waals surface area contributed by atoms with Crippen molar-refractivity contribution in [2.75, 3.05) is 7.05 Å². The van der Waals surface area contributed by atoms with E-state index in [1.807, 2.05) is 6.92 Å². The second-order valence-corrected chi connectivity index (χ2v) is 5.79. The summed E-state index contributed by atoms with van der Waals surface area (Å²) in [6.45, 7) is 7.15. The minimum Gasteiger partial charge on any atom is -0.480 e. The molecule has 5 nitrogen and oxygen atoms in total. The van der Waals surface area contributed by atoms with Gasteiger partial charge in [-0.25, -0.2) is 9.78 Å². The van der Waals surface area contributed by atoms with Crippen molar-refractivity contribution in [1.82, 2.24) is 9.88 Å². The highest BCUT2D eigenvalue weighted by Gasteiger charge is 2.31. The highest BCUT2D eigenvalue weighted by Crippen LogP contribution is 2.21. The van der Waals surface area contributed by atoms with Gasteiger partial charge in [-0.15, -0.1) is 11.3 Å². The predicted octanol–water partition coefficient (Wildman–Crippen LogP) is 1.94. The van der Waals surface area contributed by atoms with Crippen molar-refractivity contribution in [2.45, 2.75) is 33.7 Å². The average molecular weight is 270 g/mol. The van der Waals surface area contributed by atoms with E-state index in [0.717, 1.165) is 5.01 Å². The summed E-state index contributed by atoms with van der Waals surface area (Å²) in [6, 6.07) is -0.820. The van der Waals surface area contributed by atoms with Crippen LogP contribution in [0.25, 0.3) is 0 Å². The number of hydrogen-bond donors (Lipinski definition) is 1. The average Bonchev–Trinajstić information content (AvgIpc) is 2.55. The van der Waals surface area contributed by atoms with E-state index in [2.05, 4.69) is 4.98 Å². The van der Waals surface area contributed by atoms with Crippen LogP contribution in [-0.2, 0) is 4.79 Å². The third kappa shape index (κ3) is 2.87. The smallest absolute Gasteiger partial charge is 0.326 e. The van der Waals surface area contributed by atoms with Crippen molar-refractivity contribution < 1.29 is 14.7 Å². The maximum absolute atomic E-state index is 12.3. The van der Waals surface area contributed by atoms with E-state index >= 15 is 0 Å². The molecule has 1 amide bonds. The van der Waals surface area contributed by atoms with Gasteiger partial charge in [0.1, 0.15) is 10.9 Å². The number of carbonyl (C=O) groups excluding carboxylic acids is 1. The summed E-state index contributed by atoms with van der Waals surface area (Å²) < 4.78 is 0. The van der Waals surface area contributed by atoms with Crippen LogP contribution in [0.4, 0.5) is 0 Å². The Balaban J connectivity index is 3.03. The molecule has 0 saturated heterocycles. The molecule has 1 heterocycles. The van der Waals surface area contributed by atoms with Gasteiger partial charge in [-0.05, 0) is 19.8 Å². The molecule has 0 aliphatic rings. The monoisotopic (exact) mass is 270 g/mol. The number of carbonyl (C=O) groups is 2. The Morgan fingerprint density at radius 2 is 1.89 bits per heavy atom. The predicted molar refractivity (Wildman–Crippen MR) is 69.9 cm³/mol. The maximum atomic E-state index is 12.3. The minimum absolute atomic E-state index is 0.147. The minimum atomic E-state index is -0.986. The fourth-order valence-corrected chi connectivity index (χ4v) is 2.82. The van der Waals surface area contributed by atoms with Crippen molar-refractivity contribution in [3.05, 3.63) is 15.6 Å². The Hall–Kier alpha value is -1.43. The van der Waals surface area contributed by atoms with Gasteiger partial charge in [0.15, 0.2) is 0 Å². The van der Waals surface area contributed by atoms with Gasteiger partial charge in [0.2, 0.25) is 0 Å². The fourth-order valence-electron chi connectivity index (χ4n) is 1.91. The number of nitrogens with zero attached hydrogens (tertiary/aromatic N) is 2. The van der Waals surface area contributed by atoms with Crippen molar-refractivity contribution in [3.63, 3.8) is 0 Å². The van der Waals surface area contributed by atoms with Gasteiger partial charge in [-0.3, -0.25) is 4.79 Å². The van der Waals surface area contributed by atoms with Crippen LogP contribution in [0.1, 0.15) is 34.2 Å². The molecule has 1 aromatic heterocycles. The van der Waals surface area contributed by atoms with E-state index in [1.165, 1.54) is 23.3 Å². The number of aliphatic carboxylic acids is 1. The zero-order chi connectivity index (χ0) is 14.0. The second kappa shape index (κ2) is 5.48. The van der Waals surface area contributed by atoms with Crippen molar-refractivity contribution in [2.24, 2.45) is 5.92 Å². The molecule has 100 valence electrons. The summed E-state index contributed by atoms with van der Waals surface area (Å²) in [6.07, 6.45) is 0. The highest BCUT2D eigenvalue weighted by molar-refractivity contribution is 7.13. The highest BCUT2D eigenvalue weighted by atomic mass is 32.1. The molecular formula is C12H18N2O3S. The number of amides is 1. The molecule has 0 aliphatic carbocycles. The number of hydrogen-bond acceptors (Lipinski definition) is 4.